The van der Waals surface area contributed by atoms with E-state index in [1.165, 1.54) is 0 Å². The Bertz CT molecular complexity index is 169. The van der Waals surface area contributed by atoms with E-state index in [9.17, 15) is 4.79 Å². The number of Topliss-reactive ketones (excluding diaryl/α,β-unsaturated/α-hetero) is 1. The van der Waals surface area contributed by atoms with E-state index in [0.717, 1.165) is 25.9 Å². The molecule has 2 heteroatoms. The molecule has 0 aliphatic carbocycles. The van der Waals surface area contributed by atoms with Crippen molar-refractivity contribution in [2.24, 2.45) is 5.92 Å². The predicted molar refractivity (Wildman–Crippen MR) is 54.7 cm³/mol. The van der Waals surface area contributed by atoms with Gasteiger partial charge >= 0.3 is 0 Å². The van der Waals surface area contributed by atoms with E-state index in [1.807, 2.05) is 6.92 Å². The Balaban J connectivity index is 2.34. The fourth-order valence-corrected chi connectivity index (χ4v) is 2.03. The van der Waals surface area contributed by atoms with Gasteiger partial charge in [-0.2, -0.15) is 0 Å². The molecule has 0 aromatic heterocycles. The van der Waals surface area contributed by atoms with Gasteiger partial charge in [0.2, 0.25) is 0 Å². The van der Waals surface area contributed by atoms with Crippen molar-refractivity contribution in [2.45, 2.75) is 46.1 Å². The zero-order valence-corrected chi connectivity index (χ0v) is 9.05. The van der Waals surface area contributed by atoms with Crippen molar-refractivity contribution < 1.29 is 4.79 Å². The number of piperidine rings is 1. The van der Waals surface area contributed by atoms with Crippen LogP contribution in [0.2, 0.25) is 0 Å². The largest absolute Gasteiger partial charge is 0.301 e. The summed E-state index contributed by atoms with van der Waals surface area (Å²) in [6, 6.07) is 0.637. The second-order valence-corrected chi connectivity index (χ2v) is 4.22. The summed E-state index contributed by atoms with van der Waals surface area (Å²) in [4.78, 5) is 13.9. The van der Waals surface area contributed by atoms with Crippen molar-refractivity contribution in [1.82, 2.24) is 4.90 Å². The number of hydrogen-bond acceptors (Lipinski definition) is 2. The molecule has 0 bridgehead atoms. The van der Waals surface area contributed by atoms with E-state index in [4.69, 9.17) is 0 Å². The summed E-state index contributed by atoms with van der Waals surface area (Å²) in [5, 5.41) is 0. The number of likely N-dealkylation sites (tertiary alicyclic amines) is 1. The van der Waals surface area contributed by atoms with E-state index >= 15 is 0 Å². The molecule has 0 spiro atoms. The second-order valence-electron chi connectivity index (χ2n) is 4.22. The smallest absolute Gasteiger partial charge is 0.135 e. The quantitative estimate of drug-likeness (QED) is 0.667. The molecule has 1 rings (SSSR count). The van der Waals surface area contributed by atoms with Crippen LogP contribution in [0.25, 0.3) is 0 Å². The van der Waals surface area contributed by atoms with Gasteiger partial charge < -0.3 is 4.90 Å². The molecule has 1 aliphatic rings. The first kappa shape index (κ1) is 10.7. The number of carbonyl (C=O) groups excluding carboxylic acids is 1. The molecule has 1 heterocycles. The maximum atomic E-state index is 11.4. The van der Waals surface area contributed by atoms with Gasteiger partial charge in [0.05, 0.1) is 0 Å². The summed E-state index contributed by atoms with van der Waals surface area (Å²) in [5.41, 5.74) is 0. The molecule has 2 nitrogen and oxygen atoms in total. The van der Waals surface area contributed by atoms with Gasteiger partial charge in [-0.15, -0.1) is 0 Å². The van der Waals surface area contributed by atoms with Crippen LogP contribution in [0.3, 0.4) is 0 Å². The van der Waals surface area contributed by atoms with Crippen LogP contribution in [-0.2, 0) is 4.79 Å². The van der Waals surface area contributed by atoms with Crippen LogP contribution in [0.5, 0.6) is 0 Å². The Hall–Kier alpha value is -0.370. The van der Waals surface area contributed by atoms with Crippen molar-refractivity contribution in [3.63, 3.8) is 0 Å². The molecule has 13 heavy (non-hydrogen) atoms. The highest BCUT2D eigenvalue weighted by Crippen LogP contribution is 2.20. The monoisotopic (exact) mass is 183 g/mol. The van der Waals surface area contributed by atoms with Gasteiger partial charge in [0.15, 0.2) is 0 Å². The first-order valence-electron chi connectivity index (χ1n) is 5.42. The molecule has 0 aromatic rings. The SMILES string of the molecule is CCC(=O)C1CCN(C(C)C)CC1. The number of rotatable bonds is 3. The fourth-order valence-electron chi connectivity index (χ4n) is 2.03. The highest BCUT2D eigenvalue weighted by molar-refractivity contribution is 5.80. The molecule has 0 amide bonds. The Morgan fingerprint density at radius 3 is 2.31 bits per heavy atom. The summed E-state index contributed by atoms with van der Waals surface area (Å²) >= 11 is 0. The molecule has 1 aliphatic heterocycles. The van der Waals surface area contributed by atoms with Crippen molar-refractivity contribution in [2.75, 3.05) is 13.1 Å². The van der Waals surface area contributed by atoms with Crippen molar-refractivity contribution in [1.29, 1.82) is 0 Å². The lowest BCUT2D eigenvalue weighted by atomic mass is 9.91. The van der Waals surface area contributed by atoms with Gasteiger partial charge in [-0.25, -0.2) is 0 Å². The van der Waals surface area contributed by atoms with Crippen LogP contribution < -0.4 is 0 Å². The average Bonchev–Trinajstić information content (AvgIpc) is 2.17. The highest BCUT2D eigenvalue weighted by atomic mass is 16.1. The molecular weight excluding hydrogens is 162 g/mol. The second kappa shape index (κ2) is 4.75. The third-order valence-electron chi connectivity index (χ3n) is 3.06. The summed E-state index contributed by atoms with van der Waals surface area (Å²) < 4.78 is 0. The molecule has 1 saturated heterocycles. The van der Waals surface area contributed by atoms with E-state index in [0.29, 0.717) is 24.2 Å². The van der Waals surface area contributed by atoms with Crippen LogP contribution in [0.4, 0.5) is 0 Å². The van der Waals surface area contributed by atoms with Gasteiger partial charge in [0.25, 0.3) is 0 Å². The highest BCUT2D eigenvalue weighted by Gasteiger charge is 2.24. The van der Waals surface area contributed by atoms with Crippen molar-refractivity contribution >= 4 is 5.78 Å². The Morgan fingerprint density at radius 2 is 1.92 bits per heavy atom. The first-order valence-corrected chi connectivity index (χ1v) is 5.42. The first-order chi connectivity index (χ1) is 6.15. The number of ketones is 1. The molecule has 0 saturated carbocycles. The van der Waals surface area contributed by atoms with Crippen LogP contribution in [0.15, 0.2) is 0 Å². The molecule has 76 valence electrons. The molecule has 0 radical (unpaired) electrons. The molecule has 0 atom stereocenters. The fraction of sp³-hybridized carbons (Fsp3) is 0.909. The molecule has 0 aromatic carbocycles. The topological polar surface area (TPSA) is 20.3 Å². The lowest BCUT2D eigenvalue weighted by molar-refractivity contribution is -0.124. The van der Waals surface area contributed by atoms with E-state index in [2.05, 4.69) is 18.7 Å². The summed E-state index contributed by atoms with van der Waals surface area (Å²) in [7, 11) is 0. The third kappa shape index (κ3) is 2.80. The summed E-state index contributed by atoms with van der Waals surface area (Å²) in [5.74, 6) is 0.823. The minimum Gasteiger partial charge on any atom is -0.301 e. The third-order valence-corrected chi connectivity index (χ3v) is 3.06. The van der Waals surface area contributed by atoms with Gasteiger partial charge in [0, 0.05) is 18.4 Å². The molecular formula is C11H21NO. The lowest BCUT2D eigenvalue weighted by Gasteiger charge is -2.33. The van der Waals surface area contributed by atoms with Crippen molar-refractivity contribution in [3.8, 4) is 0 Å². The maximum Gasteiger partial charge on any atom is 0.135 e. The Kier molecular flexibility index (Phi) is 3.91. The predicted octanol–water partition coefficient (Wildman–Crippen LogP) is 2.09. The minimum atomic E-state index is 0.361. The van der Waals surface area contributed by atoms with Gasteiger partial charge in [-0.05, 0) is 39.8 Å². The molecule has 1 fully saturated rings. The van der Waals surface area contributed by atoms with Gasteiger partial charge in [0.1, 0.15) is 5.78 Å². The van der Waals surface area contributed by atoms with Gasteiger partial charge in [-0.3, -0.25) is 4.79 Å². The lowest BCUT2D eigenvalue weighted by Crippen LogP contribution is -2.40. The minimum absolute atomic E-state index is 0.361. The van der Waals surface area contributed by atoms with Crippen LogP contribution in [0, 0.1) is 5.92 Å². The summed E-state index contributed by atoms with van der Waals surface area (Å²) in [6.45, 7) is 8.63. The van der Waals surface area contributed by atoms with E-state index in [1.54, 1.807) is 0 Å². The maximum absolute atomic E-state index is 11.4. The van der Waals surface area contributed by atoms with Crippen molar-refractivity contribution in [3.05, 3.63) is 0 Å². The molecule has 0 unspecified atom stereocenters. The van der Waals surface area contributed by atoms with Gasteiger partial charge in [-0.1, -0.05) is 6.92 Å². The zero-order valence-electron chi connectivity index (χ0n) is 9.05. The number of hydrogen-bond donors (Lipinski definition) is 0. The number of carbonyl (C=O) groups is 1. The Morgan fingerprint density at radius 1 is 1.38 bits per heavy atom. The standard InChI is InChI=1S/C11H21NO/c1-4-11(13)10-5-7-12(8-6-10)9(2)3/h9-10H,4-8H2,1-3H3. The van der Waals surface area contributed by atoms with Crippen LogP contribution in [-0.4, -0.2) is 29.8 Å². The van der Waals surface area contributed by atoms with E-state index in [-0.39, 0.29) is 0 Å². The Labute approximate surface area is 81.3 Å². The average molecular weight is 183 g/mol. The normalized spacial score (nSPS) is 20.9. The zero-order chi connectivity index (χ0) is 9.84. The summed E-state index contributed by atoms with van der Waals surface area (Å²) in [6.07, 6.45) is 2.86. The van der Waals surface area contributed by atoms with E-state index < -0.39 is 0 Å². The number of nitrogens with zero attached hydrogens (tertiary/aromatic N) is 1. The molecule has 0 N–H and O–H groups in total. The van der Waals surface area contributed by atoms with Crippen LogP contribution in [0.1, 0.15) is 40.0 Å². The van der Waals surface area contributed by atoms with Crippen LogP contribution >= 0.6 is 0 Å².